The van der Waals surface area contributed by atoms with E-state index < -0.39 is 0 Å². The molecule has 0 aromatic carbocycles. The number of carbonyl (C=O) groups excluding carboxylic acids is 1. The number of nitrogens with one attached hydrogen (secondary N) is 1. The van der Waals surface area contributed by atoms with Gasteiger partial charge in [-0.1, -0.05) is 25.7 Å². The van der Waals surface area contributed by atoms with Crippen molar-refractivity contribution < 1.29 is 4.79 Å². The Labute approximate surface area is 178 Å². The third kappa shape index (κ3) is 3.72. The predicted octanol–water partition coefficient (Wildman–Crippen LogP) is 2.94. The molecule has 1 aliphatic heterocycles. The van der Waals surface area contributed by atoms with Crippen molar-refractivity contribution in [1.29, 1.82) is 0 Å². The summed E-state index contributed by atoms with van der Waals surface area (Å²) in [6.07, 6.45) is 13.9. The summed E-state index contributed by atoms with van der Waals surface area (Å²) in [5.74, 6) is 2.28. The second kappa shape index (κ2) is 8.40. The number of rotatable bonds is 4. The monoisotopic (exact) mass is 411 g/mol. The van der Waals surface area contributed by atoms with Gasteiger partial charge in [0.25, 0.3) is 0 Å². The summed E-state index contributed by atoms with van der Waals surface area (Å²) in [5, 5.41) is 8.78. The van der Waals surface area contributed by atoms with Crippen LogP contribution in [0, 0.1) is 11.8 Å². The van der Waals surface area contributed by atoms with E-state index in [0.717, 1.165) is 43.0 Å². The first kappa shape index (κ1) is 19.6. The number of hydrogen-bond acceptors (Lipinski definition) is 5. The molecule has 3 fully saturated rings. The Hall–Kier alpha value is -2.38. The smallest absolute Gasteiger partial charge is 0.317 e. The van der Waals surface area contributed by atoms with E-state index in [1.165, 1.54) is 51.4 Å². The average Bonchev–Trinajstić information content (AvgIpc) is 3.55. The van der Waals surface area contributed by atoms with E-state index in [4.69, 9.17) is 0 Å². The van der Waals surface area contributed by atoms with Crippen LogP contribution >= 0.6 is 0 Å². The van der Waals surface area contributed by atoms with Crippen LogP contribution in [0.5, 0.6) is 0 Å². The highest BCUT2D eigenvalue weighted by atomic mass is 16.2. The van der Waals surface area contributed by atoms with Crippen molar-refractivity contribution in [3.05, 3.63) is 12.5 Å². The maximum atomic E-state index is 13.1. The molecule has 1 N–H and O–H groups in total. The van der Waals surface area contributed by atoms with Crippen molar-refractivity contribution in [3.8, 4) is 0 Å². The molecular weight excluding hydrogens is 378 g/mol. The molecule has 2 saturated carbocycles. The average molecular weight is 412 g/mol. The summed E-state index contributed by atoms with van der Waals surface area (Å²) in [6, 6.07) is 0.505. The van der Waals surface area contributed by atoms with Crippen LogP contribution in [0.3, 0.4) is 0 Å². The minimum Gasteiger partial charge on any atom is -0.352 e. The minimum absolute atomic E-state index is 0.132. The molecule has 3 aliphatic rings. The van der Waals surface area contributed by atoms with Crippen LogP contribution in [0.1, 0.15) is 51.4 Å². The molecule has 0 unspecified atom stereocenters. The van der Waals surface area contributed by atoms with Crippen LogP contribution < -0.4 is 10.2 Å². The largest absolute Gasteiger partial charge is 0.352 e. The summed E-state index contributed by atoms with van der Waals surface area (Å²) in [4.78, 5) is 26.2. The zero-order chi connectivity index (χ0) is 20.5. The number of hydrogen-bond donors (Lipinski definition) is 1. The lowest BCUT2D eigenvalue weighted by Crippen LogP contribution is -2.55. The number of fused-ring (bicyclic) bond motifs is 1. The molecule has 162 valence electrons. The molecule has 8 nitrogen and oxygen atoms in total. The maximum Gasteiger partial charge on any atom is 0.317 e. The highest BCUT2D eigenvalue weighted by Gasteiger charge is 2.35. The topological polar surface area (TPSA) is 79.2 Å². The molecule has 3 heterocycles. The molecule has 5 rings (SSSR count). The summed E-state index contributed by atoms with van der Waals surface area (Å²) >= 11 is 0. The van der Waals surface area contributed by atoms with Crippen LogP contribution in [0.15, 0.2) is 12.5 Å². The number of aryl methyl sites for hydroxylation is 1. The Kier molecular flexibility index (Phi) is 5.48. The van der Waals surface area contributed by atoms with E-state index in [2.05, 4.69) is 25.3 Å². The van der Waals surface area contributed by atoms with Crippen molar-refractivity contribution in [2.75, 3.05) is 31.1 Å². The Balaban J connectivity index is 1.22. The number of piperazine rings is 1. The van der Waals surface area contributed by atoms with Crippen molar-refractivity contribution in [1.82, 2.24) is 30.0 Å². The minimum atomic E-state index is 0.132. The van der Waals surface area contributed by atoms with Gasteiger partial charge in [-0.25, -0.2) is 14.8 Å². The van der Waals surface area contributed by atoms with E-state index in [-0.39, 0.29) is 6.03 Å². The third-order valence-corrected chi connectivity index (χ3v) is 7.48. The number of amides is 2. The SMILES string of the molecule is Cn1ncc2c(N3CCN(C(=O)NC(C4CCCC4)C4CCCC4)CC3)ncnc21. The molecule has 1 saturated heterocycles. The van der Waals surface area contributed by atoms with E-state index >= 15 is 0 Å². The lowest BCUT2D eigenvalue weighted by Gasteiger charge is -2.38. The van der Waals surface area contributed by atoms with Gasteiger partial charge in [0, 0.05) is 39.3 Å². The van der Waals surface area contributed by atoms with Gasteiger partial charge in [-0.05, 0) is 37.5 Å². The van der Waals surface area contributed by atoms with E-state index in [1.807, 2.05) is 18.1 Å². The normalized spacial score (nSPS) is 21.3. The number of urea groups is 1. The first-order valence-electron chi connectivity index (χ1n) is 11.6. The summed E-state index contributed by atoms with van der Waals surface area (Å²) < 4.78 is 1.77. The first-order valence-corrected chi connectivity index (χ1v) is 11.6. The van der Waals surface area contributed by atoms with Gasteiger partial charge in [-0.15, -0.1) is 0 Å². The van der Waals surface area contributed by atoms with Crippen LogP contribution in [-0.4, -0.2) is 62.9 Å². The van der Waals surface area contributed by atoms with Gasteiger partial charge in [0.05, 0.1) is 11.6 Å². The molecule has 30 heavy (non-hydrogen) atoms. The zero-order valence-electron chi connectivity index (χ0n) is 18.0. The fraction of sp³-hybridized carbons (Fsp3) is 0.727. The van der Waals surface area contributed by atoms with E-state index in [9.17, 15) is 4.79 Å². The number of anilines is 1. The van der Waals surface area contributed by atoms with Crippen LogP contribution in [0.2, 0.25) is 0 Å². The van der Waals surface area contributed by atoms with E-state index in [0.29, 0.717) is 17.9 Å². The molecular formula is C22H33N7O. The van der Waals surface area contributed by atoms with Gasteiger partial charge < -0.3 is 15.1 Å². The molecule has 2 aromatic rings. The zero-order valence-corrected chi connectivity index (χ0v) is 18.0. The molecule has 2 amide bonds. The van der Waals surface area contributed by atoms with Crippen molar-refractivity contribution >= 4 is 22.9 Å². The Bertz CT molecular complexity index is 861. The lowest BCUT2D eigenvalue weighted by atomic mass is 9.86. The second-order valence-electron chi connectivity index (χ2n) is 9.24. The van der Waals surface area contributed by atoms with Gasteiger partial charge in [-0.2, -0.15) is 5.10 Å². The fourth-order valence-corrected chi connectivity index (χ4v) is 5.81. The molecule has 2 aromatic heterocycles. The molecule has 0 atom stereocenters. The fourth-order valence-electron chi connectivity index (χ4n) is 5.81. The highest BCUT2D eigenvalue weighted by Crippen LogP contribution is 2.37. The lowest BCUT2D eigenvalue weighted by molar-refractivity contribution is 0.174. The van der Waals surface area contributed by atoms with Crippen molar-refractivity contribution in [2.24, 2.45) is 18.9 Å². The quantitative estimate of drug-likeness (QED) is 0.837. The molecule has 0 bridgehead atoms. The van der Waals surface area contributed by atoms with Crippen LogP contribution in [-0.2, 0) is 7.05 Å². The van der Waals surface area contributed by atoms with Gasteiger partial charge in [0.15, 0.2) is 5.65 Å². The summed E-state index contributed by atoms with van der Waals surface area (Å²) in [7, 11) is 1.90. The predicted molar refractivity (Wildman–Crippen MR) is 116 cm³/mol. The summed E-state index contributed by atoms with van der Waals surface area (Å²) in [6.45, 7) is 3.01. The maximum absolute atomic E-state index is 13.1. The first-order chi connectivity index (χ1) is 14.7. The standard InChI is InChI=1S/C22H33N7O/c1-27-20-18(14-25-27)21(24-15-23-20)28-10-12-29(13-11-28)22(30)26-19(16-6-2-3-7-16)17-8-4-5-9-17/h14-17,19H,2-13H2,1H3,(H,26,30). The van der Waals surface area contributed by atoms with Crippen molar-refractivity contribution in [3.63, 3.8) is 0 Å². The number of carbonyl (C=O) groups is 1. The second-order valence-corrected chi connectivity index (χ2v) is 9.24. The Morgan fingerprint density at radius 3 is 2.27 bits per heavy atom. The van der Waals surface area contributed by atoms with Gasteiger partial charge in [0.1, 0.15) is 12.1 Å². The molecule has 0 radical (unpaired) electrons. The molecule has 0 spiro atoms. The van der Waals surface area contributed by atoms with Crippen molar-refractivity contribution in [2.45, 2.75) is 57.4 Å². The summed E-state index contributed by atoms with van der Waals surface area (Å²) in [5.41, 5.74) is 0.844. The molecule has 2 aliphatic carbocycles. The number of nitrogens with zero attached hydrogens (tertiary/aromatic N) is 6. The van der Waals surface area contributed by atoms with Gasteiger partial charge >= 0.3 is 6.03 Å². The Morgan fingerprint density at radius 2 is 1.63 bits per heavy atom. The van der Waals surface area contributed by atoms with Crippen LogP contribution in [0.25, 0.3) is 11.0 Å². The van der Waals surface area contributed by atoms with E-state index in [1.54, 1.807) is 11.0 Å². The number of aromatic nitrogens is 4. The Morgan fingerprint density at radius 1 is 1.00 bits per heavy atom. The third-order valence-electron chi connectivity index (χ3n) is 7.48. The van der Waals surface area contributed by atoms with Crippen LogP contribution in [0.4, 0.5) is 10.6 Å². The molecule has 8 heteroatoms. The van der Waals surface area contributed by atoms with Gasteiger partial charge in [0.2, 0.25) is 0 Å². The van der Waals surface area contributed by atoms with Gasteiger partial charge in [-0.3, -0.25) is 4.68 Å². The highest BCUT2D eigenvalue weighted by molar-refractivity contribution is 5.86.